The molecule has 5 nitrogen and oxygen atoms in total. The lowest BCUT2D eigenvalue weighted by Gasteiger charge is -2.14. The van der Waals surface area contributed by atoms with Crippen LogP contribution >= 0.6 is 11.3 Å². The third-order valence-electron chi connectivity index (χ3n) is 11.0. The molecule has 256 valence electrons. The Hall–Kier alpha value is -7.15. The average molecular weight is 720 g/mol. The molecule has 0 aliphatic carbocycles. The summed E-state index contributed by atoms with van der Waals surface area (Å²) in [6, 6.07) is 62.5. The van der Waals surface area contributed by atoms with E-state index in [0.29, 0.717) is 17.6 Å². The molecular weight excluding hydrogens is 691 g/mol. The first-order valence-corrected chi connectivity index (χ1v) is 19.3. The number of nitrogens with zero attached hydrogens (tertiary/aromatic N) is 5. The summed E-state index contributed by atoms with van der Waals surface area (Å²) in [4.78, 5) is 15.8. The second-order valence-electron chi connectivity index (χ2n) is 14.0. The maximum atomic E-state index is 5.37. The van der Waals surface area contributed by atoms with Gasteiger partial charge >= 0.3 is 0 Å². The van der Waals surface area contributed by atoms with E-state index in [1.165, 1.54) is 47.4 Å². The van der Waals surface area contributed by atoms with Crippen molar-refractivity contribution >= 4 is 85.9 Å². The van der Waals surface area contributed by atoms with Gasteiger partial charge in [-0.1, -0.05) is 127 Å². The molecule has 0 N–H and O–H groups in total. The van der Waals surface area contributed by atoms with E-state index >= 15 is 0 Å². The molecule has 0 aliphatic rings. The van der Waals surface area contributed by atoms with Crippen molar-refractivity contribution < 1.29 is 0 Å². The summed E-state index contributed by atoms with van der Waals surface area (Å²) in [5.74, 6) is 1.86. The second kappa shape index (κ2) is 11.7. The Labute approximate surface area is 319 Å². The van der Waals surface area contributed by atoms with Crippen LogP contribution < -0.4 is 0 Å². The van der Waals surface area contributed by atoms with Crippen molar-refractivity contribution in [3.05, 3.63) is 176 Å². The molecule has 0 fully saturated rings. The maximum Gasteiger partial charge on any atom is 0.238 e. The summed E-state index contributed by atoms with van der Waals surface area (Å²) in [7, 11) is 0. The van der Waals surface area contributed by atoms with Gasteiger partial charge < -0.3 is 4.57 Å². The van der Waals surface area contributed by atoms with Gasteiger partial charge in [0.05, 0.1) is 32.5 Å². The topological polar surface area (TPSA) is 48.5 Å². The summed E-state index contributed by atoms with van der Waals surface area (Å²) in [5, 5.41) is 9.60. The number of hydrogen-bond donors (Lipinski definition) is 0. The smallest absolute Gasteiger partial charge is 0.238 e. The Kier molecular flexibility index (Phi) is 6.44. The lowest BCUT2D eigenvalue weighted by molar-refractivity contribution is 0.954. The number of rotatable bonds is 4. The van der Waals surface area contributed by atoms with Gasteiger partial charge in [0.1, 0.15) is 0 Å². The van der Waals surface area contributed by atoms with Crippen molar-refractivity contribution in [2.24, 2.45) is 0 Å². The van der Waals surface area contributed by atoms with Gasteiger partial charge in [-0.15, -0.1) is 11.3 Å². The van der Waals surface area contributed by atoms with Crippen LogP contribution in [0, 0.1) is 0 Å². The summed E-state index contributed by atoms with van der Waals surface area (Å²) < 4.78 is 7.04. The highest BCUT2D eigenvalue weighted by Gasteiger charge is 2.23. The molecule has 0 saturated heterocycles. The minimum Gasteiger partial charge on any atom is -0.308 e. The van der Waals surface area contributed by atoms with E-state index in [-0.39, 0.29) is 0 Å². The lowest BCUT2D eigenvalue weighted by Crippen LogP contribution is -2.06. The normalized spacial score (nSPS) is 12.0. The van der Waals surface area contributed by atoms with Crippen LogP contribution in [0.4, 0.5) is 0 Å². The summed E-state index contributed by atoms with van der Waals surface area (Å²) in [6.07, 6.45) is 0. The number of para-hydroxylation sites is 3. The molecule has 12 rings (SSSR count). The van der Waals surface area contributed by atoms with Crippen molar-refractivity contribution in [3.63, 3.8) is 0 Å². The molecule has 4 aromatic heterocycles. The Balaban J connectivity index is 1.18. The van der Waals surface area contributed by atoms with Gasteiger partial charge in [-0.25, -0.2) is 4.98 Å². The predicted octanol–water partition coefficient (Wildman–Crippen LogP) is 12.9. The molecule has 55 heavy (non-hydrogen) atoms. The number of fused-ring (bicyclic) bond motifs is 10. The zero-order chi connectivity index (χ0) is 36.0. The van der Waals surface area contributed by atoms with Crippen LogP contribution in [-0.2, 0) is 0 Å². The van der Waals surface area contributed by atoms with E-state index in [1.54, 1.807) is 0 Å². The van der Waals surface area contributed by atoms with E-state index in [2.05, 4.69) is 167 Å². The summed E-state index contributed by atoms with van der Waals surface area (Å²) in [5.41, 5.74) is 7.53. The molecule has 0 bridgehead atoms. The van der Waals surface area contributed by atoms with Crippen LogP contribution in [0.5, 0.6) is 0 Å². The third-order valence-corrected chi connectivity index (χ3v) is 12.2. The highest BCUT2D eigenvalue weighted by Crippen LogP contribution is 2.45. The third kappa shape index (κ3) is 4.49. The monoisotopic (exact) mass is 719 g/mol. The Morgan fingerprint density at radius 2 is 0.964 bits per heavy atom. The molecule has 12 aromatic rings. The van der Waals surface area contributed by atoms with Crippen LogP contribution in [0.2, 0.25) is 0 Å². The number of hydrogen-bond acceptors (Lipinski definition) is 4. The van der Waals surface area contributed by atoms with Crippen LogP contribution in [0.3, 0.4) is 0 Å². The van der Waals surface area contributed by atoms with E-state index in [1.807, 2.05) is 29.5 Å². The largest absolute Gasteiger partial charge is 0.308 e. The Morgan fingerprint density at radius 3 is 1.69 bits per heavy atom. The number of thiophene rings is 1. The molecule has 4 heterocycles. The van der Waals surface area contributed by atoms with Crippen molar-refractivity contribution in [3.8, 4) is 34.4 Å². The zero-order valence-corrected chi connectivity index (χ0v) is 30.2. The molecule has 0 spiro atoms. The summed E-state index contributed by atoms with van der Waals surface area (Å²) >= 11 is 1.83. The van der Waals surface area contributed by atoms with Gasteiger partial charge in [0.25, 0.3) is 0 Å². The summed E-state index contributed by atoms with van der Waals surface area (Å²) in [6.45, 7) is 0. The molecule has 0 atom stereocenters. The van der Waals surface area contributed by atoms with Crippen molar-refractivity contribution in [1.82, 2.24) is 24.1 Å². The molecule has 8 aromatic carbocycles. The van der Waals surface area contributed by atoms with Crippen molar-refractivity contribution in [2.75, 3.05) is 0 Å². The molecule has 0 amide bonds. The molecule has 0 unspecified atom stereocenters. The molecular formula is C49H29N5S. The fraction of sp³-hybridized carbons (Fsp3) is 0. The van der Waals surface area contributed by atoms with Gasteiger partial charge in [-0.2, -0.15) is 9.97 Å². The molecule has 0 aliphatic heterocycles. The highest BCUT2D eigenvalue weighted by atomic mass is 32.1. The average Bonchev–Trinajstić information content (AvgIpc) is 3.91. The minimum atomic E-state index is 0.590. The maximum absolute atomic E-state index is 5.37. The number of aromatic nitrogens is 5. The quantitative estimate of drug-likeness (QED) is 0.182. The van der Waals surface area contributed by atoms with E-state index < -0.39 is 0 Å². The Morgan fingerprint density at radius 1 is 0.400 bits per heavy atom. The molecule has 0 saturated carbocycles. The van der Waals surface area contributed by atoms with Crippen molar-refractivity contribution in [1.29, 1.82) is 0 Å². The first-order chi connectivity index (χ1) is 27.3. The zero-order valence-electron chi connectivity index (χ0n) is 29.4. The van der Waals surface area contributed by atoms with Crippen LogP contribution in [0.15, 0.2) is 176 Å². The standard InChI is InChI=1S/C49H29N5S/c1-2-14-30(15-3-1)47-50-48(52-49(51-47)54-40-23-11-6-18-33(40)34-19-7-12-24-41(34)54)37-26-27-42(46-45(37)36-21-9-13-25-44(36)55-46)53-39-22-10-8-20-35(39)38-28-31-16-4-5-17-32(31)29-43(38)53/h1-29H. The predicted molar refractivity (Wildman–Crippen MR) is 230 cm³/mol. The fourth-order valence-corrected chi connectivity index (χ4v) is 9.76. The van der Waals surface area contributed by atoms with E-state index in [9.17, 15) is 0 Å². The number of benzene rings is 8. The Bertz CT molecular complexity index is 3450. The SMILES string of the molecule is c1ccc(-c2nc(-c3ccc(-n4c5ccccc5c5cc6ccccc6cc54)c4sc5ccccc5c34)nc(-n3c4ccccc4c4ccccc43)n2)cc1. The fourth-order valence-electron chi connectivity index (χ4n) is 8.53. The van der Waals surface area contributed by atoms with E-state index in [0.717, 1.165) is 44.0 Å². The first-order valence-electron chi connectivity index (χ1n) is 18.5. The van der Waals surface area contributed by atoms with Crippen molar-refractivity contribution in [2.45, 2.75) is 0 Å². The second-order valence-corrected chi connectivity index (χ2v) is 15.1. The van der Waals surface area contributed by atoms with Gasteiger partial charge in [0.2, 0.25) is 5.95 Å². The van der Waals surface area contributed by atoms with Gasteiger partial charge in [-0.3, -0.25) is 4.57 Å². The van der Waals surface area contributed by atoms with Gasteiger partial charge in [-0.05, 0) is 59.3 Å². The first kappa shape index (κ1) is 30.3. The van der Waals surface area contributed by atoms with Crippen LogP contribution in [0.25, 0.3) is 109 Å². The van der Waals surface area contributed by atoms with Crippen LogP contribution in [0.1, 0.15) is 0 Å². The lowest BCUT2D eigenvalue weighted by atomic mass is 10.0. The van der Waals surface area contributed by atoms with E-state index in [4.69, 9.17) is 15.0 Å². The minimum absolute atomic E-state index is 0.590. The molecule has 6 heteroatoms. The van der Waals surface area contributed by atoms with Gasteiger partial charge in [0, 0.05) is 48.1 Å². The molecule has 0 radical (unpaired) electrons. The van der Waals surface area contributed by atoms with Crippen LogP contribution in [-0.4, -0.2) is 24.1 Å². The highest BCUT2D eigenvalue weighted by molar-refractivity contribution is 7.26. The van der Waals surface area contributed by atoms with Gasteiger partial charge in [0.15, 0.2) is 11.6 Å².